The van der Waals surface area contributed by atoms with Crippen LogP contribution in [-0.4, -0.2) is 65.7 Å². The van der Waals surface area contributed by atoms with E-state index in [0.717, 1.165) is 19.4 Å². The van der Waals surface area contributed by atoms with Gasteiger partial charge in [-0.2, -0.15) is 0 Å². The maximum absolute atomic E-state index is 12.8. The van der Waals surface area contributed by atoms with Crippen LogP contribution in [0.3, 0.4) is 0 Å². The number of hydrogen-bond donors (Lipinski definition) is 2. The number of rotatable bonds is 8. The molecule has 0 radical (unpaired) electrons. The summed E-state index contributed by atoms with van der Waals surface area (Å²) in [6.07, 6.45) is 3.70. The maximum atomic E-state index is 12.8. The second-order valence-electron chi connectivity index (χ2n) is 9.43. The Kier molecular flexibility index (Phi) is 8.31. The summed E-state index contributed by atoms with van der Waals surface area (Å²) in [6.45, 7) is 8.96. The maximum Gasteiger partial charge on any atom is 0.407 e. The number of aromatic nitrogens is 1. The number of fused-ring (bicyclic) bond motifs is 1. The minimum absolute atomic E-state index is 0.0339. The Morgan fingerprint density at radius 2 is 1.97 bits per heavy atom. The van der Waals surface area contributed by atoms with Crippen LogP contribution in [0.5, 0.6) is 5.75 Å². The number of benzene rings is 1. The summed E-state index contributed by atoms with van der Waals surface area (Å²) in [7, 11) is 0. The van der Waals surface area contributed by atoms with E-state index in [1.165, 1.54) is 0 Å². The number of hydrogen-bond acceptors (Lipinski definition) is 6. The molecule has 0 aliphatic carbocycles. The molecule has 0 bridgehead atoms. The molecule has 2 N–H and O–H groups in total. The Bertz CT molecular complexity index is 1030. The van der Waals surface area contributed by atoms with Crippen LogP contribution in [-0.2, 0) is 9.53 Å². The summed E-state index contributed by atoms with van der Waals surface area (Å²) in [5, 5.41) is 6.08. The minimum Gasteiger partial charge on any atom is -0.494 e. The zero-order chi connectivity index (χ0) is 24.7. The normalized spacial score (nSPS) is 15.8. The summed E-state index contributed by atoms with van der Waals surface area (Å²) in [4.78, 5) is 43.1. The number of nitrogens with zero attached hydrogens (tertiary/aromatic N) is 2. The summed E-state index contributed by atoms with van der Waals surface area (Å²) in [5.74, 6) is 0.195. The molecule has 1 aromatic heterocycles. The molecule has 3 rings (SSSR count). The number of pyridine rings is 1. The van der Waals surface area contributed by atoms with Gasteiger partial charge in [-0.15, -0.1) is 0 Å². The van der Waals surface area contributed by atoms with Crippen LogP contribution in [0.1, 0.15) is 57.3 Å². The standard InChI is InChI=1S/C25H34N4O5/c1-17-7-5-13-29(17)22(30)16-28-23(31)19-10-12-26-21-9-8-18(15-20(19)21)33-14-6-11-27-24(32)34-25(2,3)4/h8-10,12,15,17H,5-7,11,13-14,16H2,1-4H3,(H,27,32)(H,28,31)/t17-/m1/s1. The summed E-state index contributed by atoms with van der Waals surface area (Å²) in [6, 6.07) is 7.19. The van der Waals surface area contributed by atoms with E-state index in [-0.39, 0.29) is 24.4 Å². The Hall–Kier alpha value is -3.36. The van der Waals surface area contributed by atoms with Crippen LogP contribution in [0.2, 0.25) is 0 Å². The van der Waals surface area contributed by atoms with Crippen molar-refractivity contribution in [1.82, 2.24) is 20.5 Å². The SMILES string of the molecule is C[C@@H]1CCCN1C(=O)CNC(=O)c1ccnc2ccc(OCCCNC(=O)OC(C)(C)C)cc12. The van der Waals surface area contributed by atoms with Crippen molar-refractivity contribution in [3.8, 4) is 5.75 Å². The van der Waals surface area contributed by atoms with Crippen LogP contribution in [0.15, 0.2) is 30.5 Å². The average Bonchev–Trinajstić information content (AvgIpc) is 3.21. The Morgan fingerprint density at radius 3 is 2.68 bits per heavy atom. The summed E-state index contributed by atoms with van der Waals surface area (Å²) in [5.41, 5.74) is 0.555. The molecule has 0 spiro atoms. The van der Waals surface area contributed by atoms with Gasteiger partial charge in [0.1, 0.15) is 11.4 Å². The van der Waals surface area contributed by atoms with Crippen molar-refractivity contribution in [2.45, 2.75) is 58.6 Å². The van der Waals surface area contributed by atoms with E-state index < -0.39 is 11.7 Å². The highest BCUT2D eigenvalue weighted by Crippen LogP contribution is 2.23. The van der Waals surface area contributed by atoms with Crippen molar-refractivity contribution < 1.29 is 23.9 Å². The van der Waals surface area contributed by atoms with Gasteiger partial charge in [-0.05, 0) is 71.2 Å². The van der Waals surface area contributed by atoms with Gasteiger partial charge in [-0.1, -0.05) is 0 Å². The smallest absolute Gasteiger partial charge is 0.407 e. The number of ether oxygens (including phenoxy) is 2. The number of carbonyl (C=O) groups is 3. The molecule has 1 aromatic carbocycles. The van der Waals surface area contributed by atoms with Crippen molar-refractivity contribution in [2.75, 3.05) is 26.2 Å². The van der Waals surface area contributed by atoms with Gasteiger partial charge in [0.05, 0.1) is 24.2 Å². The topological polar surface area (TPSA) is 110 Å². The lowest BCUT2D eigenvalue weighted by atomic mass is 10.1. The second-order valence-corrected chi connectivity index (χ2v) is 9.43. The molecule has 1 atom stereocenters. The molecule has 1 fully saturated rings. The van der Waals surface area contributed by atoms with Crippen molar-refractivity contribution in [3.63, 3.8) is 0 Å². The zero-order valence-corrected chi connectivity index (χ0v) is 20.3. The van der Waals surface area contributed by atoms with E-state index in [9.17, 15) is 14.4 Å². The molecule has 1 aliphatic heterocycles. The Balaban J connectivity index is 1.54. The average molecular weight is 471 g/mol. The van der Waals surface area contributed by atoms with Gasteiger partial charge in [0.15, 0.2) is 0 Å². The third-order valence-electron chi connectivity index (χ3n) is 5.49. The quantitative estimate of drug-likeness (QED) is 0.573. The monoisotopic (exact) mass is 470 g/mol. The van der Waals surface area contributed by atoms with Gasteiger partial charge in [-0.3, -0.25) is 14.6 Å². The van der Waals surface area contributed by atoms with E-state index in [2.05, 4.69) is 15.6 Å². The number of likely N-dealkylation sites (tertiary alicyclic amines) is 1. The summed E-state index contributed by atoms with van der Waals surface area (Å²) >= 11 is 0. The first-order chi connectivity index (χ1) is 16.1. The molecular weight excluding hydrogens is 436 g/mol. The lowest BCUT2D eigenvalue weighted by Gasteiger charge is -2.21. The highest BCUT2D eigenvalue weighted by atomic mass is 16.6. The predicted octanol–water partition coefficient (Wildman–Crippen LogP) is 3.27. The van der Waals surface area contributed by atoms with E-state index in [1.54, 1.807) is 30.5 Å². The first-order valence-corrected chi connectivity index (χ1v) is 11.7. The predicted molar refractivity (Wildman–Crippen MR) is 129 cm³/mol. The van der Waals surface area contributed by atoms with E-state index in [1.807, 2.05) is 32.6 Å². The molecule has 34 heavy (non-hydrogen) atoms. The molecule has 3 amide bonds. The van der Waals surface area contributed by atoms with Gasteiger partial charge in [-0.25, -0.2) is 4.79 Å². The third-order valence-corrected chi connectivity index (χ3v) is 5.49. The molecule has 9 nitrogen and oxygen atoms in total. The number of carbonyl (C=O) groups excluding carboxylic acids is 3. The molecule has 184 valence electrons. The van der Waals surface area contributed by atoms with Crippen LogP contribution < -0.4 is 15.4 Å². The molecule has 2 aromatic rings. The molecule has 1 aliphatic rings. The van der Waals surface area contributed by atoms with Crippen molar-refractivity contribution in [3.05, 3.63) is 36.0 Å². The highest BCUT2D eigenvalue weighted by Gasteiger charge is 2.25. The lowest BCUT2D eigenvalue weighted by molar-refractivity contribution is -0.130. The second kappa shape index (κ2) is 11.2. The van der Waals surface area contributed by atoms with Crippen LogP contribution in [0.25, 0.3) is 10.9 Å². The van der Waals surface area contributed by atoms with Gasteiger partial charge < -0.3 is 25.0 Å². The van der Waals surface area contributed by atoms with Crippen LogP contribution in [0.4, 0.5) is 4.79 Å². The molecule has 1 saturated heterocycles. The highest BCUT2D eigenvalue weighted by molar-refractivity contribution is 6.07. The van der Waals surface area contributed by atoms with Crippen LogP contribution >= 0.6 is 0 Å². The van der Waals surface area contributed by atoms with E-state index >= 15 is 0 Å². The fourth-order valence-electron chi connectivity index (χ4n) is 3.84. The molecule has 9 heteroatoms. The van der Waals surface area contributed by atoms with Gasteiger partial charge >= 0.3 is 6.09 Å². The van der Waals surface area contributed by atoms with Gasteiger partial charge in [0, 0.05) is 30.7 Å². The molecular formula is C25H34N4O5. The summed E-state index contributed by atoms with van der Waals surface area (Å²) < 4.78 is 11.0. The Morgan fingerprint density at radius 1 is 1.18 bits per heavy atom. The van der Waals surface area contributed by atoms with Crippen molar-refractivity contribution in [1.29, 1.82) is 0 Å². The number of alkyl carbamates (subject to hydrolysis) is 1. The zero-order valence-electron chi connectivity index (χ0n) is 20.3. The first kappa shape index (κ1) is 25.3. The fraction of sp³-hybridized carbons (Fsp3) is 0.520. The molecule has 0 unspecified atom stereocenters. The number of amides is 3. The van der Waals surface area contributed by atoms with E-state index in [0.29, 0.717) is 41.8 Å². The van der Waals surface area contributed by atoms with Gasteiger partial charge in [0.25, 0.3) is 5.91 Å². The molecule has 2 heterocycles. The fourth-order valence-corrected chi connectivity index (χ4v) is 3.84. The van der Waals surface area contributed by atoms with Crippen molar-refractivity contribution >= 4 is 28.8 Å². The molecule has 0 saturated carbocycles. The van der Waals surface area contributed by atoms with Crippen molar-refractivity contribution in [2.24, 2.45) is 0 Å². The Labute approximate surface area is 200 Å². The minimum atomic E-state index is -0.538. The lowest BCUT2D eigenvalue weighted by Crippen LogP contribution is -2.41. The largest absolute Gasteiger partial charge is 0.494 e. The van der Waals surface area contributed by atoms with Crippen LogP contribution in [0, 0.1) is 0 Å². The van der Waals surface area contributed by atoms with E-state index in [4.69, 9.17) is 9.47 Å². The first-order valence-electron chi connectivity index (χ1n) is 11.7. The number of nitrogens with one attached hydrogen (secondary N) is 2. The third kappa shape index (κ3) is 7.07. The van der Waals surface area contributed by atoms with Gasteiger partial charge in [0.2, 0.25) is 5.91 Å².